The molecule has 1 aromatic carbocycles. The van der Waals surface area contributed by atoms with Crippen molar-refractivity contribution in [2.45, 2.75) is 19.0 Å². The lowest BCUT2D eigenvalue weighted by molar-refractivity contribution is 0.399. The molecule has 0 saturated carbocycles. The molecule has 0 bridgehead atoms. The van der Waals surface area contributed by atoms with Crippen LogP contribution in [0.15, 0.2) is 60.3 Å². The van der Waals surface area contributed by atoms with Crippen LogP contribution in [0.3, 0.4) is 0 Å². The molecule has 2 aliphatic rings. The molecule has 4 rings (SSSR count). The Labute approximate surface area is 139 Å². The summed E-state index contributed by atoms with van der Waals surface area (Å²) in [5.74, 6) is -0.0279. The minimum absolute atomic E-state index is 0.227. The van der Waals surface area contributed by atoms with E-state index in [1.54, 1.807) is 24.4 Å². The highest BCUT2D eigenvalue weighted by Gasteiger charge is 2.16. The fourth-order valence-corrected chi connectivity index (χ4v) is 3.32. The van der Waals surface area contributed by atoms with Gasteiger partial charge in [0, 0.05) is 29.3 Å². The number of allylic oxidation sites excluding steroid dienone is 4. The predicted octanol–water partition coefficient (Wildman–Crippen LogP) is 3.69. The first-order valence-electron chi connectivity index (χ1n) is 8.16. The topological polar surface area (TPSA) is 12.9 Å². The Balaban J connectivity index is 1.80. The SMILES string of the molecule is Fc1ccc(-c2nccc3c2=CC(C2=CCC(F)C=C2)CC=3)cc1. The number of fused-ring (bicyclic) bond motifs is 1. The Hall–Kier alpha value is -2.55. The molecular weight excluding hydrogens is 304 g/mol. The fourth-order valence-electron chi connectivity index (χ4n) is 3.32. The van der Waals surface area contributed by atoms with Gasteiger partial charge in [0.05, 0.1) is 5.69 Å². The highest BCUT2D eigenvalue weighted by molar-refractivity contribution is 5.64. The first-order chi connectivity index (χ1) is 11.7. The molecule has 2 aromatic rings. The molecule has 0 N–H and O–H groups in total. The van der Waals surface area contributed by atoms with Gasteiger partial charge in [-0.05, 0) is 47.5 Å². The molecule has 24 heavy (non-hydrogen) atoms. The first-order valence-corrected chi connectivity index (χ1v) is 8.16. The van der Waals surface area contributed by atoms with Crippen molar-refractivity contribution in [3.63, 3.8) is 0 Å². The maximum atomic E-state index is 13.3. The van der Waals surface area contributed by atoms with Crippen molar-refractivity contribution in [3.8, 4) is 11.3 Å². The van der Waals surface area contributed by atoms with E-state index in [9.17, 15) is 8.78 Å². The van der Waals surface area contributed by atoms with Crippen molar-refractivity contribution < 1.29 is 8.78 Å². The van der Waals surface area contributed by atoms with Gasteiger partial charge in [-0.2, -0.15) is 0 Å². The molecule has 0 saturated heterocycles. The Bertz CT molecular complexity index is 939. The quantitative estimate of drug-likeness (QED) is 0.822. The number of halogens is 2. The van der Waals surface area contributed by atoms with Crippen LogP contribution in [-0.2, 0) is 0 Å². The number of hydrogen-bond donors (Lipinski definition) is 0. The molecule has 1 aromatic heterocycles. The van der Waals surface area contributed by atoms with Crippen LogP contribution in [0.1, 0.15) is 12.8 Å². The smallest absolute Gasteiger partial charge is 0.123 e. The molecule has 0 fully saturated rings. The Morgan fingerprint density at radius 1 is 1.00 bits per heavy atom. The van der Waals surface area contributed by atoms with E-state index < -0.39 is 6.17 Å². The minimum Gasteiger partial charge on any atom is -0.256 e. The van der Waals surface area contributed by atoms with Crippen LogP contribution < -0.4 is 10.4 Å². The molecule has 0 radical (unpaired) electrons. The Morgan fingerprint density at radius 2 is 1.83 bits per heavy atom. The summed E-state index contributed by atoms with van der Waals surface area (Å²) in [7, 11) is 0. The van der Waals surface area contributed by atoms with E-state index >= 15 is 0 Å². The third-order valence-corrected chi connectivity index (χ3v) is 4.61. The summed E-state index contributed by atoms with van der Waals surface area (Å²) in [6, 6.07) is 8.41. The zero-order valence-corrected chi connectivity index (χ0v) is 13.1. The monoisotopic (exact) mass is 321 g/mol. The van der Waals surface area contributed by atoms with Crippen molar-refractivity contribution in [1.82, 2.24) is 4.98 Å². The van der Waals surface area contributed by atoms with Crippen LogP contribution in [0, 0.1) is 11.7 Å². The number of hydrogen-bond acceptors (Lipinski definition) is 1. The Morgan fingerprint density at radius 3 is 2.58 bits per heavy atom. The number of aromatic nitrogens is 1. The number of alkyl halides is 1. The molecule has 120 valence electrons. The highest BCUT2D eigenvalue weighted by atomic mass is 19.1. The van der Waals surface area contributed by atoms with Crippen molar-refractivity contribution in [2.24, 2.45) is 5.92 Å². The van der Waals surface area contributed by atoms with Gasteiger partial charge in [0.1, 0.15) is 12.0 Å². The zero-order valence-electron chi connectivity index (χ0n) is 13.1. The van der Waals surface area contributed by atoms with Gasteiger partial charge in [0.2, 0.25) is 0 Å². The van der Waals surface area contributed by atoms with Crippen LogP contribution in [0.5, 0.6) is 0 Å². The molecule has 2 aliphatic carbocycles. The number of nitrogens with zero attached hydrogens (tertiary/aromatic N) is 1. The number of rotatable bonds is 2. The highest BCUT2D eigenvalue weighted by Crippen LogP contribution is 2.26. The van der Waals surface area contributed by atoms with Gasteiger partial charge < -0.3 is 0 Å². The van der Waals surface area contributed by atoms with E-state index in [0.29, 0.717) is 6.42 Å². The lowest BCUT2D eigenvalue weighted by atomic mass is 9.87. The molecule has 0 aliphatic heterocycles. The van der Waals surface area contributed by atoms with Gasteiger partial charge in [-0.25, -0.2) is 8.78 Å². The Kier molecular flexibility index (Phi) is 3.85. The number of benzene rings is 1. The lowest BCUT2D eigenvalue weighted by Gasteiger charge is -2.19. The number of pyridine rings is 1. The summed E-state index contributed by atoms with van der Waals surface area (Å²) in [5.41, 5.74) is 2.91. The van der Waals surface area contributed by atoms with Crippen LogP contribution in [-0.4, -0.2) is 11.2 Å². The van der Waals surface area contributed by atoms with Crippen molar-refractivity contribution >= 4 is 12.2 Å². The average molecular weight is 321 g/mol. The molecular formula is C21H17F2N. The third kappa shape index (κ3) is 2.82. The van der Waals surface area contributed by atoms with Crippen molar-refractivity contribution in [1.29, 1.82) is 0 Å². The normalized spacial score (nSPS) is 22.2. The van der Waals surface area contributed by atoms with E-state index in [-0.39, 0.29) is 11.7 Å². The van der Waals surface area contributed by atoms with E-state index in [4.69, 9.17) is 0 Å². The molecule has 1 nitrogen and oxygen atoms in total. The maximum absolute atomic E-state index is 13.3. The molecule has 1 heterocycles. The second-order valence-electron chi connectivity index (χ2n) is 6.20. The first kappa shape index (κ1) is 15.0. The summed E-state index contributed by atoms with van der Waals surface area (Å²) in [6.45, 7) is 0. The van der Waals surface area contributed by atoms with Gasteiger partial charge in [0.15, 0.2) is 0 Å². The van der Waals surface area contributed by atoms with Crippen LogP contribution in [0.2, 0.25) is 0 Å². The van der Waals surface area contributed by atoms with Crippen LogP contribution >= 0.6 is 0 Å². The van der Waals surface area contributed by atoms with Crippen LogP contribution in [0.4, 0.5) is 8.78 Å². The summed E-state index contributed by atoms with van der Waals surface area (Å²) < 4.78 is 26.5. The van der Waals surface area contributed by atoms with Gasteiger partial charge in [-0.3, -0.25) is 4.98 Å². The third-order valence-electron chi connectivity index (χ3n) is 4.61. The van der Waals surface area contributed by atoms with E-state index in [0.717, 1.165) is 33.7 Å². The summed E-state index contributed by atoms with van der Waals surface area (Å²) in [5, 5.41) is 2.21. The summed E-state index contributed by atoms with van der Waals surface area (Å²) >= 11 is 0. The standard InChI is InChI=1S/C21H17F2N/c22-18-7-3-14(4-8-18)17-2-1-15-11-12-24-21(20(15)13-17)16-5-9-19(23)10-6-16/h1,3-7,9-13,17-18H,2,8H2. The van der Waals surface area contributed by atoms with Crippen LogP contribution in [0.25, 0.3) is 23.4 Å². The van der Waals surface area contributed by atoms with Gasteiger partial charge in [-0.15, -0.1) is 0 Å². The minimum atomic E-state index is -0.870. The second-order valence-corrected chi connectivity index (χ2v) is 6.20. The average Bonchev–Trinajstić information content (AvgIpc) is 2.62. The fraction of sp³-hybridized carbons (Fsp3) is 0.190. The second kappa shape index (κ2) is 6.16. The van der Waals surface area contributed by atoms with E-state index in [1.807, 2.05) is 18.2 Å². The summed E-state index contributed by atoms with van der Waals surface area (Å²) in [4.78, 5) is 4.51. The molecule has 2 unspecified atom stereocenters. The van der Waals surface area contributed by atoms with Crippen molar-refractivity contribution in [3.05, 3.63) is 76.6 Å². The molecule has 0 spiro atoms. The molecule has 2 atom stereocenters. The van der Waals surface area contributed by atoms with Gasteiger partial charge in [0.25, 0.3) is 0 Å². The van der Waals surface area contributed by atoms with E-state index in [1.165, 1.54) is 12.1 Å². The van der Waals surface area contributed by atoms with E-state index in [2.05, 4.69) is 17.1 Å². The molecule has 3 heteroatoms. The molecule has 0 amide bonds. The van der Waals surface area contributed by atoms with Gasteiger partial charge >= 0.3 is 0 Å². The summed E-state index contributed by atoms with van der Waals surface area (Å²) in [6.07, 6.45) is 12.2. The van der Waals surface area contributed by atoms with Crippen molar-refractivity contribution in [2.75, 3.05) is 0 Å². The largest absolute Gasteiger partial charge is 0.256 e. The maximum Gasteiger partial charge on any atom is 0.123 e. The lowest BCUT2D eigenvalue weighted by Crippen LogP contribution is -2.32. The zero-order chi connectivity index (χ0) is 16.5. The predicted molar refractivity (Wildman–Crippen MR) is 92.7 cm³/mol. The van der Waals surface area contributed by atoms with Gasteiger partial charge in [-0.1, -0.05) is 30.4 Å².